The van der Waals surface area contributed by atoms with Crippen LogP contribution in [0.1, 0.15) is 42.5 Å². The number of benzene rings is 1. The molecule has 2 amide bonds. The van der Waals surface area contributed by atoms with Gasteiger partial charge in [0.1, 0.15) is 0 Å². The second-order valence-corrected chi connectivity index (χ2v) is 7.63. The lowest BCUT2D eigenvalue weighted by Crippen LogP contribution is -2.48. The Kier molecular flexibility index (Phi) is 5.32. The van der Waals surface area contributed by atoms with Gasteiger partial charge in [-0.3, -0.25) is 14.7 Å². The molecule has 0 radical (unpaired) electrons. The van der Waals surface area contributed by atoms with E-state index in [2.05, 4.69) is 44.7 Å². The highest BCUT2D eigenvalue weighted by molar-refractivity contribution is 5.83. The van der Waals surface area contributed by atoms with Crippen LogP contribution in [0.5, 0.6) is 0 Å². The maximum absolute atomic E-state index is 12.6. The smallest absolute Gasteiger partial charge is 0.229 e. The minimum absolute atomic E-state index is 0.0645. The summed E-state index contributed by atoms with van der Waals surface area (Å²) in [6.45, 7) is 5.39. The van der Waals surface area contributed by atoms with Gasteiger partial charge in [-0.1, -0.05) is 12.1 Å². The number of carbonyl (C=O) groups excluding carboxylic acids is 2. The molecule has 2 aromatic rings. The first-order valence-electron chi connectivity index (χ1n) is 10.0. The normalized spacial score (nSPS) is 19.2. The van der Waals surface area contributed by atoms with Crippen LogP contribution in [-0.2, 0) is 22.6 Å². The molecule has 4 rings (SSSR count). The molecule has 2 heterocycles. The summed E-state index contributed by atoms with van der Waals surface area (Å²) in [4.78, 5) is 28.3. The van der Waals surface area contributed by atoms with Crippen molar-refractivity contribution in [2.45, 2.75) is 38.6 Å². The Hall–Kier alpha value is -2.83. The summed E-state index contributed by atoms with van der Waals surface area (Å²) in [6, 6.07) is 8.32. The maximum atomic E-state index is 12.6. The van der Waals surface area contributed by atoms with E-state index in [1.807, 2.05) is 11.1 Å². The number of anilines is 1. The van der Waals surface area contributed by atoms with Crippen molar-refractivity contribution >= 4 is 17.5 Å². The molecular formula is C21H27N5O2. The minimum Gasteiger partial charge on any atom is -0.368 e. The third-order valence-corrected chi connectivity index (χ3v) is 5.85. The Bertz CT molecular complexity index is 837. The zero-order valence-electron chi connectivity index (χ0n) is 16.3. The zero-order chi connectivity index (χ0) is 19.5. The largest absolute Gasteiger partial charge is 0.368 e. The highest BCUT2D eigenvalue weighted by Crippen LogP contribution is 2.29. The molecule has 1 aromatic heterocycles. The van der Waals surface area contributed by atoms with E-state index in [-0.39, 0.29) is 17.7 Å². The zero-order valence-corrected chi connectivity index (χ0v) is 16.3. The van der Waals surface area contributed by atoms with Crippen LogP contribution in [-0.4, -0.2) is 53.1 Å². The van der Waals surface area contributed by atoms with Gasteiger partial charge in [0.05, 0.1) is 17.8 Å². The number of nitrogens with zero attached hydrogens (tertiary/aromatic N) is 3. The first kappa shape index (κ1) is 18.5. The minimum atomic E-state index is -0.122. The number of piperazine rings is 1. The molecule has 1 atom stereocenters. The molecule has 1 unspecified atom stereocenters. The molecule has 7 heteroatoms. The number of aromatic nitrogens is 2. The van der Waals surface area contributed by atoms with E-state index in [1.54, 1.807) is 6.92 Å². The lowest BCUT2D eigenvalue weighted by atomic mass is 9.87. The van der Waals surface area contributed by atoms with Crippen molar-refractivity contribution in [2.24, 2.45) is 0 Å². The van der Waals surface area contributed by atoms with Gasteiger partial charge in [0.25, 0.3) is 0 Å². The SMILES string of the molecule is CC(=O)N1CCN(c2ccc(CNC(=O)C3CCCc4cn[nH]c43)cc2)CC1. The molecule has 7 nitrogen and oxygen atoms in total. The number of rotatable bonds is 4. The highest BCUT2D eigenvalue weighted by Gasteiger charge is 2.28. The van der Waals surface area contributed by atoms with E-state index >= 15 is 0 Å². The number of aryl methyl sites for hydroxylation is 1. The number of hydrogen-bond donors (Lipinski definition) is 2. The quantitative estimate of drug-likeness (QED) is 0.846. The lowest BCUT2D eigenvalue weighted by molar-refractivity contribution is -0.129. The van der Waals surface area contributed by atoms with Gasteiger partial charge in [0.15, 0.2) is 0 Å². The second-order valence-electron chi connectivity index (χ2n) is 7.63. The van der Waals surface area contributed by atoms with E-state index in [1.165, 1.54) is 5.56 Å². The Morgan fingerprint density at radius 2 is 1.93 bits per heavy atom. The van der Waals surface area contributed by atoms with Crippen molar-refractivity contribution in [1.82, 2.24) is 20.4 Å². The van der Waals surface area contributed by atoms with Gasteiger partial charge >= 0.3 is 0 Å². The van der Waals surface area contributed by atoms with Crippen molar-refractivity contribution in [3.63, 3.8) is 0 Å². The van der Waals surface area contributed by atoms with Gasteiger partial charge in [0.2, 0.25) is 11.8 Å². The van der Waals surface area contributed by atoms with Gasteiger partial charge in [-0.2, -0.15) is 5.10 Å². The summed E-state index contributed by atoms with van der Waals surface area (Å²) >= 11 is 0. The third-order valence-electron chi connectivity index (χ3n) is 5.85. The Balaban J connectivity index is 1.31. The van der Waals surface area contributed by atoms with E-state index in [9.17, 15) is 9.59 Å². The lowest BCUT2D eigenvalue weighted by Gasteiger charge is -2.35. The number of hydrogen-bond acceptors (Lipinski definition) is 4. The molecule has 0 spiro atoms. The molecule has 0 bridgehead atoms. The molecule has 1 aromatic carbocycles. The monoisotopic (exact) mass is 381 g/mol. The number of aromatic amines is 1. The fraction of sp³-hybridized carbons (Fsp3) is 0.476. The highest BCUT2D eigenvalue weighted by atomic mass is 16.2. The first-order chi connectivity index (χ1) is 13.6. The Morgan fingerprint density at radius 1 is 1.18 bits per heavy atom. The average Bonchev–Trinajstić information content (AvgIpc) is 3.21. The Labute approximate surface area is 165 Å². The summed E-state index contributed by atoms with van der Waals surface area (Å²) in [5.41, 5.74) is 4.39. The molecule has 1 saturated heterocycles. The topological polar surface area (TPSA) is 81.3 Å². The van der Waals surface area contributed by atoms with Gasteiger partial charge in [0, 0.05) is 45.3 Å². The van der Waals surface area contributed by atoms with Crippen molar-refractivity contribution in [3.8, 4) is 0 Å². The van der Waals surface area contributed by atoms with E-state index < -0.39 is 0 Å². The molecule has 28 heavy (non-hydrogen) atoms. The molecule has 148 valence electrons. The van der Waals surface area contributed by atoms with Crippen LogP contribution in [0.4, 0.5) is 5.69 Å². The first-order valence-corrected chi connectivity index (χ1v) is 10.0. The summed E-state index contributed by atoms with van der Waals surface area (Å²) in [6.07, 6.45) is 4.73. The van der Waals surface area contributed by atoms with Crippen LogP contribution in [0.15, 0.2) is 30.5 Å². The van der Waals surface area contributed by atoms with Crippen LogP contribution in [0.25, 0.3) is 0 Å². The van der Waals surface area contributed by atoms with Crippen molar-refractivity contribution in [3.05, 3.63) is 47.3 Å². The number of nitrogens with one attached hydrogen (secondary N) is 2. The van der Waals surface area contributed by atoms with Gasteiger partial charge < -0.3 is 15.1 Å². The molecular weight excluding hydrogens is 354 g/mol. The van der Waals surface area contributed by atoms with Crippen LogP contribution < -0.4 is 10.2 Å². The molecule has 1 fully saturated rings. The summed E-state index contributed by atoms with van der Waals surface area (Å²) in [5.74, 6) is 0.0867. The van der Waals surface area contributed by atoms with Gasteiger partial charge in [-0.05, 0) is 42.5 Å². The molecule has 1 aliphatic carbocycles. The predicted molar refractivity (Wildman–Crippen MR) is 107 cm³/mol. The van der Waals surface area contributed by atoms with E-state index in [0.717, 1.165) is 62.4 Å². The third kappa shape index (κ3) is 3.88. The molecule has 1 aliphatic heterocycles. The summed E-state index contributed by atoms with van der Waals surface area (Å²) < 4.78 is 0. The second kappa shape index (κ2) is 8.04. The van der Waals surface area contributed by atoms with Gasteiger partial charge in [-0.25, -0.2) is 0 Å². The van der Waals surface area contributed by atoms with Crippen LogP contribution in [0, 0.1) is 0 Å². The van der Waals surface area contributed by atoms with Crippen molar-refractivity contribution in [1.29, 1.82) is 0 Å². The number of amides is 2. The fourth-order valence-corrected chi connectivity index (χ4v) is 4.14. The average molecular weight is 381 g/mol. The summed E-state index contributed by atoms with van der Waals surface area (Å²) in [5, 5.41) is 10.2. The van der Waals surface area contributed by atoms with E-state index in [0.29, 0.717) is 6.54 Å². The van der Waals surface area contributed by atoms with Crippen LogP contribution in [0.2, 0.25) is 0 Å². The number of carbonyl (C=O) groups is 2. The molecule has 0 saturated carbocycles. The Morgan fingerprint density at radius 3 is 2.64 bits per heavy atom. The van der Waals surface area contributed by atoms with Crippen LogP contribution >= 0.6 is 0 Å². The van der Waals surface area contributed by atoms with E-state index in [4.69, 9.17) is 0 Å². The standard InChI is InChI=1S/C21H27N5O2/c1-15(27)25-9-11-26(12-10-25)18-7-5-16(6-8-18)13-22-21(28)19-4-2-3-17-14-23-24-20(17)19/h5-8,14,19H,2-4,9-13H2,1H3,(H,22,28)(H,23,24). The van der Waals surface area contributed by atoms with Crippen molar-refractivity contribution in [2.75, 3.05) is 31.1 Å². The maximum Gasteiger partial charge on any atom is 0.229 e. The molecule has 2 N–H and O–H groups in total. The predicted octanol–water partition coefficient (Wildman–Crippen LogP) is 1.81. The summed E-state index contributed by atoms with van der Waals surface area (Å²) in [7, 11) is 0. The number of H-pyrrole nitrogens is 1. The van der Waals surface area contributed by atoms with Gasteiger partial charge in [-0.15, -0.1) is 0 Å². The van der Waals surface area contributed by atoms with Crippen molar-refractivity contribution < 1.29 is 9.59 Å². The number of fused-ring (bicyclic) bond motifs is 1. The van der Waals surface area contributed by atoms with Crippen LogP contribution in [0.3, 0.4) is 0 Å². The fourth-order valence-electron chi connectivity index (χ4n) is 4.14. The molecule has 2 aliphatic rings.